The fourth-order valence-electron chi connectivity index (χ4n) is 3.39. The third kappa shape index (κ3) is 4.40. The molecule has 0 aliphatic rings. The van der Waals surface area contributed by atoms with Crippen molar-refractivity contribution in [1.82, 2.24) is 5.32 Å². The normalized spacial score (nSPS) is 10.7. The zero-order chi connectivity index (χ0) is 18.5. The molecule has 0 aliphatic carbocycles. The topological polar surface area (TPSA) is 39.7 Å². The summed E-state index contributed by atoms with van der Waals surface area (Å²) in [6, 6.07) is 12.6. The van der Waals surface area contributed by atoms with Crippen molar-refractivity contribution < 1.29 is 14.2 Å². The first kappa shape index (κ1) is 21.1. The van der Waals surface area contributed by atoms with Crippen LogP contribution in [0.5, 0.6) is 17.2 Å². The van der Waals surface area contributed by atoms with Crippen molar-refractivity contribution in [1.29, 1.82) is 0 Å². The lowest BCUT2D eigenvalue weighted by Gasteiger charge is -2.15. The Labute approximate surface area is 167 Å². The number of rotatable bonds is 8. The van der Waals surface area contributed by atoms with E-state index in [0.717, 1.165) is 54.0 Å². The monoisotopic (exact) mass is 389 g/mol. The van der Waals surface area contributed by atoms with E-state index in [1.807, 2.05) is 6.07 Å². The standard InChI is InChI=1S/C22H27NO3.ClH/c1-5-9-23-10-8-16-11-15-6-7-17(24-2)12-18(15)20-14-22(26-4)21(25-3)13-19(16)20;/h6-7,11-14,23H,5,8-10H2,1-4H3;1H. The average molecular weight is 390 g/mol. The van der Waals surface area contributed by atoms with E-state index in [4.69, 9.17) is 14.2 Å². The summed E-state index contributed by atoms with van der Waals surface area (Å²) in [4.78, 5) is 0. The van der Waals surface area contributed by atoms with Crippen molar-refractivity contribution in [3.05, 3.63) is 42.0 Å². The van der Waals surface area contributed by atoms with Gasteiger partial charge < -0.3 is 19.5 Å². The minimum Gasteiger partial charge on any atom is -0.497 e. The van der Waals surface area contributed by atoms with Crippen molar-refractivity contribution in [3.63, 3.8) is 0 Å². The predicted molar refractivity (Wildman–Crippen MR) is 115 cm³/mol. The minimum absolute atomic E-state index is 0. The van der Waals surface area contributed by atoms with Gasteiger partial charge in [-0.05, 0) is 77.3 Å². The molecule has 3 rings (SSSR count). The van der Waals surface area contributed by atoms with Gasteiger partial charge in [-0.2, -0.15) is 0 Å². The van der Waals surface area contributed by atoms with Crippen LogP contribution in [0.2, 0.25) is 0 Å². The molecule has 0 heterocycles. The zero-order valence-electron chi connectivity index (χ0n) is 16.4. The Bertz CT molecular complexity index is 911. The summed E-state index contributed by atoms with van der Waals surface area (Å²) in [6.07, 6.45) is 2.11. The molecule has 3 aromatic carbocycles. The van der Waals surface area contributed by atoms with E-state index >= 15 is 0 Å². The maximum Gasteiger partial charge on any atom is 0.161 e. The number of fused-ring (bicyclic) bond motifs is 3. The Hall–Kier alpha value is -2.17. The highest BCUT2D eigenvalue weighted by Crippen LogP contribution is 2.38. The van der Waals surface area contributed by atoms with Crippen LogP contribution in [0.4, 0.5) is 0 Å². The summed E-state index contributed by atoms with van der Waals surface area (Å²) < 4.78 is 16.5. The molecule has 1 N–H and O–H groups in total. The van der Waals surface area contributed by atoms with E-state index in [2.05, 4.69) is 42.6 Å². The summed E-state index contributed by atoms with van der Waals surface area (Å²) in [5.74, 6) is 2.35. The third-order valence-corrected chi connectivity index (χ3v) is 4.75. The Morgan fingerprint density at radius 2 is 1.48 bits per heavy atom. The Kier molecular flexibility index (Phi) is 7.57. The molecule has 0 saturated heterocycles. The SMILES string of the molecule is CCCNCCc1cc2ccc(OC)cc2c2cc(OC)c(OC)cc12.Cl. The smallest absolute Gasteiger partial charge is 0.161 e. The molecule has 146 valence electrons. The molecule has 0 amide bonds. The van der Waals surface area contributed by atoms with Gasteiger partial charge in [0.2, 0.25) is 0 Å². The summed E-state index contributed by atoms with van der Waals surface area (Å²) in [5.41, 5.74) is 1.31. The molecule has 0 atom stereocenters. The molecule has 5 heteroatoms. The lowest BCUT2D eigenvalue weighted by Crippen LogP contribution is -2.17. The third-order valence-electron chi connectivity index (χ3n) is 4.75. The highest BCUT2D eigenvalue weighted by molar-refractivity contribution is 6.10. The summed E-state index contributed by atoms with van der Waals surface area (Å²) in [6.45, 7) is 4.18. The van der Waals surface area contributed by atoms with Crippen LogP contribution in [0.15, 0.2) is 36.4 Å². The van der Waals surface area contributed by atoms with Crippen molar-refractivity contribution in [2.45, 2.75) is 19.8 Å². The molecule has 4 nitrogen and oxygen atoms in total. The summed E-state index contributed by atoms with van der Waals surface area (Å²) in [7, 11) is 5.04. The van der Waals surface area contributed by atoms with E-state index in [1.54, 1.807) is 21.3 Å². The highest BCUT2D eigenvalue weighted by atomic mass is 35.5. The number of benzene rings is 3. The Balaban J connectivity index is 0.00000261. The van der Waals surface area contributed by atoms with Gasteiger partial charge in [-0.3, -0.25) is 0 Å². The molecule has 0 fully saturated rings. The second kappa shape index (κ2) is 9.67. The quantitative estimate of drug-likeness (QED) is 0.435. The van der Waals surface area contributed by atoms with Gasteiger partial charge in [-0.25, -0.2) is 0 Å². The molecule has 0 saturated carbocycles. The van der Waals surface area contributed by atoms with Gasteiger partial charge in [0.15, 0.2) is 11.5 Å². The first-order valence-corrected chi connectivity index (χ1v) is 9.07. The lowest BCUT2D eigenvalue weighted by molar-refractivity contribution is 0.356. The van der Waals surface area contributed by atoms with Crippen LogP contribution < -0.4 is 19.5 Å². The van der Waals surface area contributed by atoms with Gasteiger partial charge in [0.25, 0.3) is 0 Å². The van der Waals surface area contributed by atoms with Gasteiger partial charge in [-0.1, -0.05) is 19.1 Å². The van der Waals surface area contributed by atoms with Crippen molar-refractivity contribution >= 4 is 34.0 Å². The van der Waals surface area contributed by atoms with E-state index in [0.29, 0.717) is 0 Å². The number of halogens is 1. The van der Waals surface area contributed by atoms with Crippen LogP contribution in [-0.2, 0) is 6.42 Å². The zero-order valence-corrected chi connectivity index (χ0v) is 17.2. The molecule has 0 aromatic heterocycles. The number of methoxy groups -OCH3 is 3. The van der Waals surface area contributed by atoms with E-state index in [1.165, 1.54) is 16.3 Å². The minimum atomic E-state index is 0. The van der Waals surface area contributed by atoms with Gasteiger partial charge in [0, 0.05) is 0 Å². The van der Waals surface area contributed by atoms with Gasteiger partial charge in [0.1, 0.15) is 5.75 Å². The Morgan fingerprint density at radius 1 is 0.778 bits per heavy atom. The molecule has 0 bridgehead atoms. The number of ether oxygens (including phenoxy) is 3. The number of nitrogens with one attached hydrogen (secondary N) is 1. The second-order valence-corrected chi connectivity index (χ2v) is 6.38. The predicted octanol–water partition coefficient (Wildman–Crippen LogP) is 4.98. The average Bonchev–Trinajstić information content (AvgIpc) is 2.69. The summed E-state index contributed by atoms with van der Waals surface area (Å²) >= 11 is 0. The lowest BCUT2D eigenvalue weighted by atomic mass is 9.95. The largest absolute Gasteiger partial charge is 0.497 e. The maximum atomic E-state index is 5.53. The van der Waals surface area contributed by atoms with Crippen LogP contribution in [-0.4, -0.2) is 34.4 Å². The fraction of sp³-hybridized carbons (Fsp3) is 0.364. The summed E-state index contributed by atoms with van der Waals surface area (Å²) in [5, 5.41) is 8.21. The Morgan fingerprint density at radius 3 is 2.11 bits per heavy atom. The van der Waals surface area contributed by atoms with Crippen LogP contribution in [0.1, 0.15) is 18.9 Å². The number of hydrogen-bond donors (Lipinski definition) is 1. The van der Waals surface area contributed by atoms with Crippen LogP contribution in [0.25, 0.3) is 21.5 Å². The first-order chi connectivity index (χ1) is 12.7. The van der Waals surface area contributed by atoms with Crippen LogP contribution >= 0.6 is 12.4 Å². The molecule has 0 spiro atoms. The van der Waals surface area contributed by atoms with Crippen molar-refractivity contribution in [2.24, 2.45) is 0 Å². The van der Waals surface area contributed by atoms with Crippen LogP contribution in [0.3, 0.4) is 0 Å². The van der Waals surface area contributed by atoms with Gasteiger partial charge >= 0.3 is 0 Å². The molecular formula is C22H28ClNO3. The highest BCUT2D eigenvalue weighted by Gasteiger charge is 2.13. The molecule has 0 unspecified atom stereocenters. The molecule has 0 aliphatic heterocycles. The number of hydrogen-bond acceptors (Lipinski definition) is 4. The maximum absolute atomic E-state index is 5.53. The molecule has 3 aromatic rings. The van der Waals surface area contributed by atoms with E-state index in [9.17, 15) is 0 Å². The molecule has 0 radical (unpaired) electrons. The molecular weight excluding hydrogens is 362 g/mol. The van der Waals surface area contributed by atoms with Gasteiger partial charge in [0.05, 0.1) is 21.3 Å². The fourth-order valence-corrected chi connectivity index (χ4v) is 3.39. The first-order valence-electron chi connectivity index (χ1n) is 9.07. The van der Waals surface area contributed by atoms with Crippen LogP contribution in [0, 0.1) is 0 Å². The van der Waals surface area contributed by atoms with E-state index in [-0.39, 0.29) is 12.4 Å². The molecule has 27 heavy (non-hydrogen) atoms. The van der Waals surface area contributed by atoms with Crippen molar-refractivity contribution in [2.75, 3.05) is 34.4 Å². The van der Waals surface area contributed by atoms with Gasteiger partial charge in [-0.15, -0.1) is 12.4 Å². The van der Waals surface area contributed by atoms with E-state index < -0.39 is 0 Å². The van der Waals surface area contributed by atoms with Crippen molar-refractivity contribution in [3.8, 4) is 17.2 Å². The second-order valence-electron chi connectivity index (χ2n) is 6.38.